The molecule has 0 atom stereocenters. The first-order valence-electron chi connectivity index (χ1n) is 7.68. The quantitative estimate of drug-likeness (QED) is 0.556. The molecule has 0 aliphatic carbocycles. The molecule has 0 aliphatic rings. The van der Waals surface area contributed by atoms with Crippen LogP contribution in [-0.2, 0) is 11.2 Å². The molecule has 0 bridgehead atoms. The third kappa shape index (κ3) is 2.00. The molecular weight excluding hydrogens is 270 g/mol. The van der Waals surface area contributed by atoms with Crippen LogP contribution in [0.5, 0.6) is 0 Å². The van der Waals surface area contributed by atoms with E-state index in [0.29, 0.717) is 6.42 Å². The summed E-state index contributed by atoms with van der Waals surface area (Å²) >= 11 is 0. The first-order chi connectivity index (χ1) is 10.7. The molecule has 0 saturated carbocycles. The third-order valence-corrected chi connectivity index (χ3v) is 4.49. The maximum absolute atomic E-state index is 10.9. The van der Waals surface area contributed by atoms with E-state index in [-0.39, 0.29) is 5.91 Å². The van der Waals surface area contributed by atoms with Crippen LogP contribution in [0.2, 0.25) is 0 Å². The molecule has 0 unspecified atom stereocenters. The molecule has 0 aliphatic heterocycles. The molecule has 0 radical (unpaired) electrons. The predicted octanol–water partition coefficient (Wildman–Crippen LogP) is 4.39. The molecule has 1 amide bonds. The topological polar surface area (TPSA) is 43.1 Å². The zero-order chi connectivity index (χ0) is 15.1. The summed E-state index contributed by atoms with van der Waals surface area (Å²) in [4.78, 5) is 10.9. The molecule has 108 valence electrons. The fraction of sp³-hybridized carbons (Fsp3) is 0.150. The summed E-state index contributed by atoms with van der Waals surface area (Å²) < 4.78 is 0. The number of hydrogen-bond donors (Lipinski definition) is 1. The van der Waals surface area contributed by atoms with Gasteiger partial charge < -0.3 is 5.73 Å². The minimum atomic E-state index is -0.224. The van der Waals surface area contributed by atoms with Crippen molar-refractivity contribution in [3.8, 4) is 0 Å². The van der Waals surface area contributed by atoms with Crippen LogP contribution in [0.3, 0.4) is 0 Å². The highest BCUT2D eigenvalue weighted by Gasteiger charge is 2.10. The maximum Gasteiger partial charge on any atom is 0.217 e. The van der Waals surface area contributed by atoms with Gasteiger partial charge in [0.25, 0.3) is 0 Å². The molecule has 4 rings (SSSR count). The van der Waals surface area contributed by atoms with Crippen LogP contribution >= 0.6 is 0 Å². The number of benzene rings is 4. The van der Waals surface area contributed by atoms with Gasteiger partial charge in [-0.3, -0.25) is 4.79 Å². The summed E-state index contributed by atoms with van der Waals surface area (Å²) in [5, 5.41) is 7.82. The van der Waals surface area contributed by atoms with Crippen molar-refractivity contribution in [1.29, 1.82) is 0 Å². The van der Waals surface area contributed by atoms with Crippen LogP contribution in [0, 0.1) is 0 Å². The highest BCUT2D eigenvalue weighted by molar-refractivity contribution is 6.23. The summed E-state index contributed by atoms with van der Waals surface area (Å²) in [6, 6.07) is 19.6. The average Bonchev–Trinajstić information content (AvgIpc) is 2.53. The van der Waals surface area contributed by atoms with E-state index in [1.807, 2.05) is 0 Å². The summed E-state index contributed by atoms with van der Waals surface area (Å²) in [5.41, 5.74) is 6.55. The Morgan fingerprint density at radius 1 is 0.818 bits per heavy atom. The molecule has 0 saturated heterocycles. The summed E-state index contributed by atoms with van der Waals surface area (Å²) in [7, 11) is 0. The Morgan fingerprint density at radius 3 is 2.18 bits per heavy atom. The van der Waals surface area contributed by atoms with E-state index in [9.17, 15) is 4.79 Å². The van der Waals surface area contributed by atoms with Crippen molar-refractivity contribution < 1.29 is 4.79 Å². The fourth-order valence-electron chi connectivity index (χ4n) is 3.47. The minimum Gasteiger partial charge on any atom is -0.370 e. The molecule has 0 fully saturated rings. The zero-order valence-electron chi connectivity index (χ0n) is 12.3. The van der Waals surface area contributed by atoms with Crippen LogP contribution in [0.25, 0.3) is 32.3 Å². The monoisotopic (exact) mass is 287 g/mol. The Hall–Kier alpha value is -2.61. The van der Waals surface area contributed by atoms with Crippen molar-refractivity contribution in [2.75, 3.05) is 0 Å². The highest BCUT2D eigenvalue weighted by Crippen LogP contribution is 2.36. The lowest BCUT2D eigenvalue weighted by Crippen LogP contribution is -2.10. The molecule has 2 N–H and O–H groups in total. The van der Waals surface area contributed by atoms with Gasteiger partial charge in [0.1, 0.15) is 0 Å². The fourth-order valence-corrected chi connectivity index (χ4v) is 3.47. The largest absolute Gasteiger partial charge is 0.370 e. The third-order valence-electron chi connectivity index (χ3n) is 4.49. The van der Waals surface area contributed by atoms with Gasteiger partial charge in [0.2, 0.25) is 5.91 Å². The molecule has 4 aromatic carbocycles. The smallest absolute Gasteiger partial charge is 0.217 e. The minimum absolute atomic E-state index is 0.224. The van der Waals surface area contributed by atoms with Gasteiger partial charge in [0, 0.05) is 6.42 Å². The van der Waals surface area contributed by atoms with E-state index in [1.54, 1.807) is 0 Å². The Bertz CT molecular complexity index is 971. The number of hydrogen-bond acceptors (Lipinski definition) is 1. The number of carbonyl (C=O) groups is 1. The lowest BCUT2D eigenvalue weighted by atomic mass is 9.90. The Balaban J connectivity index is 1.94. The van der Waals surface area contributed by atoms with Gasteiger partial charge in [-0.1, -0.05) is 54.6 Å². The number of primary amides is 1. The second kappa shape index (κ2) is 4.99. The van der Waals surface area contributed by atoms with Crippen molar-refractivity contribution in [3.05, 3.63) is 60.2 Å². The van der Waals surface area contributed by atoms with Gasteiger partial charge in [-0.2, -0.15) is 0 Å². The molecule has 0 heterocycles. The average molecular weight is 287 g/mol. The van der Waals surface area contributed by atoms with Crippen LogP contribution in [0.15, 0.2) is 54.6 Å². The summed E-state index contributed by atoms with van der Waals surface area (Å²) in [5.74, 6) is -0.224. The van der Waals surface area contributed by atoms with Gasteiger partial charge in [0.05, 0.1) is 0 Å². The number of amides is 1. The Labute approximate surface area is 128 Å². The van der Waals surface area contributed by atoms with Gasteiger partial charge in [-0.25, -0.2) is 0 Å². The van der Waals surface area contributed by atoms with Crippen molar-refractivity contribution in [3.63, 3.8) is 0 Å². The second-order valence-electron chi connectivity index (χ2n) is 5.90. The normalized spacial score (nSPS) is 11.6. The van der Waals surface area contributed by atoms with E-state index in [2.05, 4.69) is 54.6 Å². The van der Waals surface area contributed by atoms with Gasteiger partial charge in [-0.05, 0) is 50.7 Å². The highest BCUT2D eigenvalue weighted by atomic mass is 16.1. The van der Waals surface area contributed by atoms with Crippen molar-refractivity contribution >= 4 is 38.2 Å². The second-order valence-corrected chi connectivity index (χ2v) is 5.90. The number of carbonyl (C=O) groups excluding carboxylic acids is 1. The number of nitrogens with two attached hydrogens (primary N) is 1. The molecule has 2 heteroatoms. The molecule has 22 heavy (non-hydrogen) atoms. The Kier molecular flexibility index (Phi) is 2.97. The SMILES string of the molecule is NC(=O)CCCc1ccc2ccc3cccc4ccc1c2c34. The standard InChI is InChI=1S/C20H17NO/c21-18(22)6-2-3-13-7-8-16-10-9-14-4-1-5-15-11-12-17(13)20(16)19(14)15/h1,4-5,7-12H,2-3,6H2,(H2,21,22). The number of rotatable bonds is 4. The van der Waals surface area contributed by atoms with Gasteiger partial charge in [0.15, 0.2) is 0 Å². The van der Waals surface area contributed by atoms with Crippen LogP contribution < -0.4 is 5.73 Å². The van der Waals surface area contributed by atoms with Crippen molar-refractivity contribution in [2.24, 2.45) is 5.73 Å². The van der Waals surface area contributed by atoms with E-state index in [1.165, 1.54) is 37.9 Å². The van der Waals surface area contributed by atoms with Crippen molar-refractivity contribution in [2.45, 2.75) is 19.3 Å². The van der Waals surface area contributed by atoms with E-state index < -0.39 is 0 Å². The van der Waals surface area contributed by atoms with E-state index >= 15 is 0 Å². The first-order valence-corrected chi connectivity index (χ1v) is 7.68. The van der Waals surface area contributed by atoms with Crippen LogP contribution in [-0.4, -0.2) is 5.91 Å². The van der Waals surface area contributed by atoms with Gasteiger partial charge >= 0.3 is 0 Å². The maximum atomic E-state index is 10.9. The zero-order valence-corrected chi connectivity index (χ0v) is 12.3. The van der Waals surface area contributed by atoms with Crippen molar-refractivity contribution in [1.82, 2.24) is 0 Å². The summed E-state index contributed by atoms with van der Waals surface area (Å²) in [6.07, 6.45) is 2.14. The summed E-state index contributed by atoms with van der Waals surface area (Å²) in [6.45, 7) is 0. The molecular formula is C20H17NO. The molecule has 2 nitrogen and oxygen atoms in total. The lowest BCUT2D eigenvalue weighted by molar-refractivity contribution is -0.118. The Morgan fingerprint density at radius 2 is 1.45 bits per heavy atom. The molecule has 0 aromatic heterocycles. The van der Waals surface area contributed by atoms with Crippen LogP contribution in [0.1, 0.15) is 18.4 Å². The first kappa shape index (κ1) is 13.1. The molecule has 4 aromatic rings. The molecule has 0 spiro atoms. The lowest BCUT2D eigenvalue weighted by Gasteiger charge is -2.13. The van der Waals surface area contributed by atoms with Gasteiger partial charge in [-0.15, -0.1) is 0 Å². The number of aryl methyl sites for hydroxylation is 1. The van der Waals surface area contributed by atoms with E-state index in [4.69, 9.17) is 5.73 Å². The van der Waals surface area contributed by atoms with Crippen LogP contribution in [0.4, 0.5) is 0 Å². The van der Waals surface area contributed by atoms with E-state index in [0.717, 1.165) is 12.8 Å². The predicted molar refractivity (Wildman–Crippen MR) is 92.3 cm³/mol.